The number of hydrogen-bond donors (Lipinski definition) is 1. The highest BCUT2D eigenvalue weighted by Crippen LogP contribution is 2.33. The summed E-state index contributed by atoms with van der Waals surface area (Å²) in [7, 11) is 0. The van der Waals surface area contributed by atoms with Gasteiger partial charge in [0, 0.05) is 6.07 Å². The quantitative estimate of drug-likeness (QED) is 0.361. The zero-order valence-corrected chi connectivity index (χ0v) is 11.1. The molecule has 0 bridgehead atoms. The number of nitrogens with zero attached hydrogens (tertiary/aromatic N) is 2. The molecule has 0 radical (unpaired) electrons. The number of carboxylic acids is 1. The molecule has 0 aliphatic rings. The molecule has 0 heterocycles. The zero-order chi connectivity index (χ0) is 17.0. The summed E-state index contributed by atoms with van der Waals surface area (Å²) in [6, 6.07) is 1.10. The molecule has 1 rings (SSSR count). The fourth-order valence-corrected chi connectivity index (χ4v) is 1.55. The maximum absolute atomic E-state index is 11.6. The Hall–Kier alpha value is -3.08. The average Bonchev–Trinajstić information content (AvgIpc) is 2.36. The third-order valence-electron chi connectivity index (χ3n) is 2.17. The monoisotopic (exact) mass is 332 g/mol. The smallest absolute Gasteiger partial charge is 0.347 e. The molecule has 22 heavy (non-hydrogen) atoms. The highest BCUT2D eigenvalue weighted by molar-refractivity contribution is 6.36. The molecule has 0 unspecified atom stereocenters. The molecule has 0 saturated heterocycles. The van der Waals surface area contributed by atoms with Crippen molar-refractivity contribution in [1.82, 2.24) is 0 Å². The van der Waals surface area contributed by atoms with E-state index in [1.165, 1.54) is 0 Å². The summed E-state index contributed by atoms with van der Waals surface area (Å²) in [4.78, 5) is 52.3. The SMILES string of the molecule is O=C(O)CC(=O)OC(=O)c1cc([N+](=O)[O-])cc([N+](=O)[O-])c1Cl. The van der Waals surface area contributed by atoms with Crippen LogP contribution >= 0.6 is 11.6 Å². The molecule has 0 spiro atoms. The van der Waals surface area contributed by atoms with Crippen LogP contribution in [0.2, 0.25) is 5.02 Å². The number of carbonyl (C=O) groups is 3. The number of non-ortho nitro benzene ring substituents is 1. The van der Waals surface area contributed by atoms with Crippen LogP contribution in [-0.4, -0.2) is 32.9 Å². The summed E-state index contributed by atoms with van der Waals surface area (Å²) in [6.07, 6.45) is -1.14. The minimum Gasteiger partial charge on any atom is -0.481 e. The van der Waals surface area contributed by atoms with Crippen molar-refractivity contribution in [3.05, 3.63) is 42.9 Å². The molecule has 0 aliphatic carbocycles. The van der Waals surface area contributed by atoms with Gasteiger partial charge in [-0.15, -0.1) is 0 Å². The van der Waals surface area contributed by atoms with Crippen molar-refractivity contribution >= 4 is 40.9 Å². The van der Waals surface area contributed by atoms with E-state index in [0.717, 1.165) is 0 Å². The first-order valence-corrected chi connectivity index (χ1v) is 5.60. The summed E-state index contributed by atoms with van der Waals surface area (Å²) >= 11 is 5.57. The molecule has 0 saturated carbocycles. The van der Waals surface area contributed by atoms with Gasteiger partial charge in [-0.2, -0.15) is 0 Å². The molecule has 1 N–H and O–H groups in total. The van der Waals surface area contributed by atoms with E-state index < -0.39 is 56.1 Å². The Morgan fingerprint density at radius 3 is 2.23 bits per heavy atom. The number of carbonyl (C=O) groups excluding carboxylic acids is 2. The number of esters is 2. The first kappa shape index (κ1) is 17.0. The van der Waals surface area contributed by atoms with Gasteiger partial charge >= 0.3 is 17.9 Å². The van der Waals surface area contributed by atoms with Gasteiger partial charge in [0.2, 0.25) is 0 Å². The number of hydrogen-bond acceptors (Lipinski definition) is 8. The van der Waals surface area contributed by atoms with Crippen molar-refractivity contribution in [3.8, 4) is 0 Å². The second kappa shape index (κ2) is 6.58. The minimum atomic E-state index is -1.58. The van der Waals surface area contributed by atoms with Crippen molar-refractivity contribution < 1.29 is 34.1 Å². The summed E-state index contributed by atoms with van der Waals surface area (Å²) in [5, 5.41) is 29.0. The molecule has 0 atom stereocenters. The second-order valence-electron chi connectivity index (χ2n) is 3.67. The van der Waals surface area contributed by atoms with E-state index >= 15 is 0 Å². The summed E-state index contributed by atoms with van der Waals surface area (Å²) in [5.74, 6) is -4.57. The molecule has 116 valence electrons. The normalized spacial score (nSPS) is 9.86. The Balaban J connectivity index is 3.25. The Labute approximate surface area is 125 Å². The molecule has 11 nitrogen and oxygen atoms in total. The third-order valence-corrected chi connectivity index (χ3v) is 2.56. The highest BCUT2D eigenvalue weighted by Gasteiger charge is 2.28. The molecule has 0 aromatic heterocycles. The number of nitro groups is 2. The lowest BCUT2D eigenvalue weighted by atomic mass is 10.1. The number of rotatable bonds is 5. The third kappa shape index (κ3) is 3.96. The first-order valence-electron chi connectivity index (χ1n) is 5.22. The van der Waals surface area contributed by atoms with Crippen LogP contribution in [0.3, 0.4) is 0 Å². The van der Waals surface area contributed by atoms with E-state index in [4.69, 9.17) is 16.7 Å². The Morgan fingerprint density at radius 2 is 1.77 bits per heavy atom. The number of benzene rings is 1. The van der Waals surface area contributed by atoms with Gasteiger partial charge < -0.3 is 9.84 Å². The van der Waals surface area contributed by atoms with Crippen molar-refractivity contribution in [2.24, 2.45) is 0 Å². The molecular weight excluding hydrogens is 328 g/mol. The summed E-state index contributed by atoms with van der Waals surface area (Å²) < 4.78 is 4.11. The van der Waals surface area contributed by atoms with Gasteiger partial charge in [-0.1, -0.05) is 11.6 Å². The number of aliphatic carboxylic acids is 1. The lowest BCUT2D eigenvalue weighted by Gasteiger charge is -2.04. The highest BCUT2D eigenvalue weighted by atomic mass is 35.5. The van der Waals surface area contributed by atoms with Crippen LogP contribution < -0.4 is 0 Å². The fourth-order valence-electron chi connectivity index (χ4n) is 1.30. The van der Waals surface area contributed by atoms with E-state index in [2.05, 4.69) is 4.74 Å². The van der Waals surface area contributed by atoms with Gasteiger partial charge in [0.25, 0.3) is 11.4 Å². The fraction of sp³-hybridized carbons (Fsp3) is 0.100. The molecule has 0 fully saturated rings. The van der Waals surface area contributed by atoms with Crippen molar-refractivity contribution in [2.75, 3.05) is 0 Å². The van der Waals surface area contributed by atoms with Crippen LogP contribution in [-0.2, 0) is 14.3 Å². The molecule has 0 aliphatic heterocycles. The van der Waals surface area contributed by atoms with E-state index in [1.807, 2.05) is 0 Å². The van der Waals surface area contributed by atoms with E-state index in [-0.39, 0.29) is 0 Å². The Bertz CT molecular complexity index is 700. The van der Waals surface area contributed by atoms with Gasteiger partial charge in [0.1, 0.15) is 11.4 Å². The molecule has 12 heteroatoms. The van der Waals surface area contributed by atoms with Crippen molar-refractivity contribution in [3.63, 3.8) is 0 Å². The van der Waals surface area contributed by atoms with Gasteiger partial charge in [-0.25, -0.2) is 4.79 Å². The maximum atomic E-state index is 11.6. The van der Waals surface area contributed by atoms with Crippen molar-refractivity contribution in [2.45, 2.75) is 6.42 Å². The Kier molecular flexibility index (Phi) is 5.08. The zero-order valence-electron chi connectivity index (χ0n) is 10.3. The van der Waals surface area contributed by atoms with E-state index in [0.29, 0.717) is 12.1 Å². The lowest BCUT2D eigenvalue weighted by Crippen LogP contribution is -2.16. The van der Waals surface area contributed by atoms with Crippen LogP contribution in [0.4, 0.5) is 11.4 Å². The van der Waals surface area contributed by atoms with Crippen molar-refractivity contribution in [1.29, 1.82) is 0 Å². The lowest BCUT2D eigenvalue weighted by molar-refractivity contribution is -0.394. The Morgan fingerprint density at radius 1 is 1.18 bits per heavy atom. The first-order chi connectivity index (χ1) is 10.1. The van der Waals surface area contributed by atoms with Crippen LogP contribution in [0, 0.1) is 20.2 Å². The maximum Gasteiger partial charge on any atom is 0.347 e. The molecule has 1 aromatic carbocycles. The molecule has 1 aromatic rings. The van der Waals surface area contributed by atoms with Crippen LogP contribution in [0.25, 0.3) is 0 Å². The van der Waals surface area contributed by atoms with Gasteiger partial charge in [-0.3, -0.25) is 29.8 Å². The van der Waals surface area contributed by atoms with Gasteiger partial charge in [0.05, 0.1) is 21.5 Å². The number of carboxylic acid groups (broad SMARTS) is 1. The average molecular weight is 333 g/mol. The van der Waals surface area contributed by atoms with E-state index in [9.17, 15) is 34.6 Å². The number of ether oxygens (including phenoxy) is 1. The van der Waals surface area contributed by atoms with Gasteiger partial charge in [-0.05, 0) is 0 Å². The predicted molar refractivity (Wildman–Crippen MR) is 67.4 cm³/mol. The number of nitro benzene ring substituents is 2. The largest absolute Gasteiger partial charge is 0.481 e. The standard InChI is InChI=1S/C10H5ClN2O9/c11-9-5(10(17)22-8(16)3-7(14)15)1-4(12(18)19)2-6(9)13(20)21/h1-2H,3H2,(H,14,15). The predicted octanol–water partition coefficient (Wildman–Crippen LogP) is 1.31. The summed E-state index contributed by atoms with van der Waals surface area (Å²) in [5.41, 5.74) is -2.57. The van der Waals surface area contributed by atoms with Crippen LogP contribution in [0.5, 0.6) is 0 Å². The molecular formula is C10H5ClN2O9. The van der Waals surface area contributed by atoms with Gasteiger partial charge in [0.15, 0.2) is 0 Å². The minimum absolute atomic E-state index is 0.526. The second-order valence-corrected chi connectivity index (χ2v) is 4.05. The number of halogens is 1. The summed E-state index contributed by atoms with van der Waals surface area (Å²) in [6.45, 7) is 0. The van der Waals surface area contributed by atoms with Crippen LogP contribution in [0.15, 0.2) is 12.1 Å². The van der Waals surface area contributed by atoms with E-state index in [1.54, 1.807) is 0 Å². The molecule has 0 amide bonds. The topological polar surface area (TPSA) is 167 Å². The van der Waals surface area contributed by atoms with Crippen LogP contribution in [0.1, 0.15) is 16.8 Å².